The van der Waals surface area contributed by atoms with Gasteiger partial charge in [0.05, 0.1) is 13.2 Å². The summed E-state index contributed by atoms with van der Waals surface area (Å²) in [6.07, 6.45) is 2.04. The zero-order valence-electron chi connectivity index (χ0n) is 18.0. The van der Waals surface area contributed by atoms with Crippen LogP contribution in [0.5, 0.6) is 5.75 Å². The van der Waals surface area contributed by atoms with Crippen molar-refractivity contribution in [2.75, 3.05) is 26.7 Å². The summed E-state index contributed by atoms with van der Waals surface area (Å²) in [4.78, 5) is 13.0. The fourth-order valence-corrected chi connectivity index (χ4v) is 4.26. The van der Waals surface area contributed by atoms with Crippen molar-refractivity contribution in [2.24, 2.45) is 11.3 Å². The number of rotatable bonds is 7. The van der Waals surface area contributed by atoms with Crippen LogP contribution in [0.1, 0.15) is 49.8 Å². The zero-order chi connectivity index (χ0) is 21.0. The Bertz CT molecular complexity index is 826. The molecule has 0 aromatic heterocycles. The molecule has 0 amide bonds. The van der Waals surface area contributed by atoms with Gasteiger partial charge in [0.25, 0.3) is 0 Å². The first-order valence-electron chi connectivity index (χ1n) is 10.4. The Balaban J connectivity index is 1.88. The van der Waals surface area contributed by atoms with Crippen molar-refractivity contribution < 1.29 is 14.6 Å². The number of aryl methyl sites for hydroxylation is 1. The summed E-state index contributed by atoms with van der Waals surface area (Å²) in [6, 6.07) is 17.1. The molecule has 1 N–H and O–H groups in total. The third-order valence-corrected chi connectivity index (χ3v) is 5.49. The van der Waals surface area contributed by atoms with Gasteiger partial charge in [0.1, 0.15) is 5.75 Å². The van der Waals surface area contributed by atoms with Crippen LogP contribution >= 0.6 is 0 Å². The van der Waals surface area contributed by atoms with Crippen molar-refractivity contribution >= 4 is 5.97 Å². The van der Waals surface area contributed by atoms with Crippen LogP contribution < -0.4 is 4.74 Å². The Morgan fingerprint density at radius 1 is 1.17 bits per heavy atom. The summed E-state index contributed by atoms with van der Waals surface area (Å²) < 4.78 is 6.04. The number of fused-ring (bicyclic) bond motifs is 1. The first kappa shape index (κ1) is 21.4. The van der Waals surface area contributed by atoms with E-state index < -0.39 is 5.97 Å². The molecule has 4 nitrogen and oxygen atoms in total. The molecular weight excluding hydrogens is 362 g/mol. The van der Waals surface area contributed by atoms with Crippen molar-refractivity contribution in [1.82, 2.24) is 4.90 Å². The maximum atomic E-state index is 11.1. The largest absolute Gasteiger partial charge is 0.493 e. The third kappa shape index (κ3) is 5.83. The summed E-state index contributed by atoms with van der Waals surface area (Å²) in [5.41, 5.74) is 4.12. The van der Waals surface area contributed by atoms with Crippen molar-refractivity contribution in [2.45, 2.75) is 39.5 Å². The minimum Gasteiger partial charge on any atom is -0.493 e. The second kappa shape index (κ2) is 9.00. The highest BCUT2D eigenvalue weighted by atomic mass is 16.5. The standard InChI is InChI=1S/C25H33NO3/c1-25(2,3)17-29-21-12-13-22-19(14-21)10-11-20(15-26(4)16-23(27)28)24(22)18-8-6-5-7-9-18/h5-9,12-14,20,24H,10-11,15-17H2,1-4H3,(H,27,28). The highest BCUT2D eigenvalue weighted by molar-refractivity contribution is 5.69. The number of ether oxygens (including phenoxy) is 1. The third-order valence-electron chi connectivity index (χ3n) is 5.49. The van der Waals surface area contributed by atoms with Crippen molar-refractivity contribution in [3.8, 4) is 5.75 Å². The van der Waals surface area contributed by atoms with Gasteiger partial charge in [-0.1, -0.05) is 57.2 Å². The minimum absolute atomic E-state index is 0.0739. The van der Waals surface area contributed by atoms with E-state index in [0.29, 0.717) is 12.5 Å². The number of hydrogen-bond acceptors (Lipinski definition) is 3. The lowest BCUT2D eigenvalue weighted by Crippen LogP contribution is -2.35. The molecule has 0 aliphatic heterocycles. The molecule has 4 heteroatoms. The van der Waals surface area contributed by atoms with E-state index in [4.69, 9.17) is 9.84 Å². The highest BCUT2D eigenvalue weighted by Crippen LogP contribution is 2.42. The van der Waals surface area contributed by atoms with Gasteiger partial charge in [-0.15, -0.1) is 0 Å². The van der Waals surface area contributed by atoms with Crippen LogP contribution in [0.25, 0.3) is 0 Å². The molecule has 3 rings (SSSR count). The normalized spacial score (nSPS) is 19.1. The Kier molecular flexibility index (Phi) is 6.63. The maximum Gasteiger partial charge on any atom is 0.317 e. The number of nitrogens with zero attached hydrogens (tertiary/aromatic N) is 1. The van der Waals surface area contributed by atoms with E-state index in [1.165, 1.54) is 16.7 Å². The molecule has 2 unspecified atom stereocenters. The molecule has 2 aromatic carbocycles. The summed E-state index contributed by atoms with van der Waals surface area (Å²) in [7, 11) is 1.90. The van der Waals surface area contributed by atoms with Gasteiger partial charge in [0.15, 0.2) is 0 Å². The molecule has 0 spiro atoms. The smallest absolute Gasteiger partial charge is 0.317 e. The molecule has 0 heterocycles. The summed E-state index contributed by atoms with van der Waals surface area (Å²) in [5.74, 6) is 0.816. The van der Waals surface area contributed by atoms with Crippen LogP contribution in [0.2, 0.25) is 0 Å². The van der Waals surface area contributed by atoms with Gasteiger partial charge >= 0.3 is 5.97 Å². The second-order valence-corrected chi connectivity index (χ2v) is 9.49. The Morgan fingerprint density at radius 3 is 2.55 bits per heavy atom. The SMILES string of the molecule is CN(CC(=O)O)CC1CCc2cc(OCC(C)(C)C)ccc2C1c1ccccc1. The van der Waals surface area contributed by atoms with E-state index in [2.05, 4.69) is 63.2 Å². The van der Waals surface area contributed by atoms with Gasteiger partial charge in [0.2, 0.25) is 0 Å². The van der Waals surface area contributed by atoms with Crippen molar-refractivity contribution in [3.05, 3.63) is 65.2 Å². The van der Waals surface area contributed by atoms with Crippen LogP contribution in [0, 0.1) is 11.3 Å². The lowest BCUT2D eigenvalue weighted by Gasteiger charge is -2.36. The monoisotopic (exact) mass is 395 g/mol. The quantitative estimate of drug-likeness (QED) is 0.730. The first-order valence-corrected chi connectivity index (χ1v) is 10.4. The Labute approximate surface area is 174 Å². The Hall–Kier alpha value is -2.33. The molecule has 1 aliphatic carbocycles. The van der Waals surface area contributed by atoms with Crippen LogP contribution in [0.4, 0.5) is 0 Å². The van der Waals surface area contributed by atoms with Gasteiger partial charge in [0, 0.05) is 12.5 Å². The predicted octanol–water partition coefficient (Wildman–Crippen LogP) is 4.82. The van der Waals surface area contributed by atoms with Gasteiger partial charge in [-0.25, -0.2) is 0 Å². The highest BCUT2D eigenvalue weighted by Gasteiger charge is 2.32. The fourth-order valence-electron chi connectivity index (χ4n) is 4.26. The van der Waals surface area contributed by atoms with Crippen LogP contribution in [-0.4, -0.2) is 42.7 Å². The van der Waals surface area contributed by atoms with Crippen LogP contribution in [0.15, 0.2) is 48.5 Å². The van der Waals surface area contributed by atoms with E-state index in [9.17, 15) is 4.79 Å². The summed E-state index contributed by atoms with van der Waals surface area (Å²) in [5, 5.41) is 9.14. The van der Waals surface area contributed by atoms with E-state index in [1.54, 1.807) is 0 Å². The number of carbonyl (C=O) groups is 1. The molecule has 1 aliphatic rings. The van der Waals surface area contributed by atoms with E-state index >= 15 is 0 Å². The number of carboxylic acids is 1. The number of likely N-dealkylation sites (N-methyl/N-ethyl adjacent to an activating group) is 1. The molecule has 29 heavy (non-hydrogen) atoms. The summed E-state index contributed by atoms with van der Waals surface area (Å²) in [6.45, 7) is 8.06. The zero-order valence-corrected chi connectivity index (χ0v) is 18.0. The second-order valence-electron chi connectivity index (χ2n) is 9.49. The van der Waals surface area contributed by atoms with Crippen LogP contribution in [-0.2, 0) is 11.2 Å². The number of hydrogen-bond donors (Lipinski definition) is 1. The van der Waals surface area contributed by atoms with Gasteiger partial charge in [-0.05, 0) is 60.0 Å². The van der Waals surface area contributed by atoms with Crippen molar-refractivity contribution in [1.29, 1.82) is 0 Å². The molecule has 0 fully saturated rings. The average Bonchev–Trinajstić information content (AvgIpc) is 2.65. The topological polar surface area (TPSA) is 49.8 Å². The van der Waals surface area contributed by atoms with Gasteiger partial charge in [-0.3, -0.25) is 9.69 Å². The minimum atomic E-state index is -0.777. The van der Waals surface area contributed by atoms with E-state index in [1.807, 2.05) is 18.0 Å². The van der Waals surface area contributed by atoms with Crippen LogP contribution in [0.3, 0.4) is 0 Å². The molecule has 0 radical (unpaired) electrons. The molecule has 0 saturated carbocycles. The number of benzene rings is 2. The Morgan fingerprint density at radius 2 is 1.90 bits per heavy atom. The number of aliphatic carboxylic acids is 1. The average molecular weight is 396 g/mol. The predicted molar refractivity (Wildman–Crippen MR) is 117 cm³/mol. The molecule has 156 valence electrons. The lowest BCUT2D eigenvalue weighted by atomic mass is 9.71. The van der Waals surface area contributed by atoms with Crippen molar-refractivity contribution in [3.63, 3.8) is 0 Å². The van der Waals surface area contributed by atoms with E-state index in [0.717, 1.165) is 25.1 Å². The lowest BCUT2D eigenvalue weighted by molar-refractivity contribution is -0.138. The molecule has 0 bridgehead atoms. The summed E-state index contributed by atoms with van der Waals surface area (Å²) >= 11 is 0. The molecule has 0 saturated heterocycles. The maximum absolute atomic E-state index is 11.1. The first-order chi connectivity index (χ1) is 13.7. The van der Waals surface area contributed by atoms with Gasteiger partial charge < -0.3 is 9.84 Å². The molecule has 2 atom stereocenters. The molecule has 2 aromatic rings. The number of carboxylic acid groups (broad SMARTS) is 1. The molecular formula is C25H33NO3. The van der Waals surface area contributed by atoms with Gasteiger partial charge in [-0.2, -0.15) is 0 Å². The van der Waals surface area contributed by atoms with E-state index in [-0.39, 0.29) is 17.9 Å². The fraction of sp³-hybridized carbons (Fsp3) is 0.480.